The molecule has 0 saturated carbocycles. The third-order valence-electron chi connectivity index (χ3n) is 3.09. The van der Waals surface area contributed by atoms with Crippen molar-refractivity contribution >= 4 is 28.5 Å². The van der Waals surface area contributed by atoms with Crippen molar-refractivity contribution in [3.8, 4) is 0 Å². The van der Waals surface area contributed by atoms with Gasteiger partial charge in [-0.05, 0) is 18.6 Å². The number of para-hydroxylation sites is 1. The number of carbonyl (C=O) groups excluding carboxylic acids is 2. The minimum absolute atomic E-state index is 0.226. The van der Waals surface area contributed by atoms with Crippen molar-refractivity contribution < 1.29 is 9.59 Å². The molecule has 0 radical (unpaired) electrons. The number of nitrogens with one attached hydrogen (secondary N) is 2. The van der Waals surface area contributed by atoms with Crippen LogP contribution in [-0.2, 0) is 9.59 Å². The van der Waals surface area contributed by atoms with Gasteiger partial charge in [0.15, 0.2) is 0 Å². The Balaban J connectivity index is 1.89. The van der Waals surface area contributed by atoms with E-state index in [0.717, 1.165) is 10.9 Å². The lowest BCUT2D eigenvalue weighted by atomic mass is 10.1. The largest absolute Gasteiger partial charge is 0.358 e. The molecule has 1 aromatic carbocycles. The van der Waals surface area contributed by atoms with E-state index in [-0.39, 0.29) is 11.8 Å². The fourth-order valence-electron chi connectivity index (χ4n) is 2.12. The monoisotopic (exact) mass is 256 g/mol. The normalized spacial score (nSPS) is 19.3. The van der Waals surface area contributed by atoms with E-state index in [0.29, 0.717) is 18.7 Å². The summed E-state index contributed by atoms with van der Waals surface area (Å²) < 4.78 is 0. The van der Waals surface area contributed by atoms with Gasteiger partial charge in [0, 0.05) is 11.8 Å². The van der Waals surface area contributed by atoms with E-state index in [1.807, 2.05) is 24.3 Å². The van der Waals surface area contributed by atoms with Crippen LogP contribution in [0.5, 0.6) is 0 Å². The van der Waals surface area contributed by atoms with Crippen LogP contribution in [0.3, 0.4) is 0 Å². The summed E-state index contributed by atoms with van der Waals surface area (Å²) in [6.07, 6.45) is 2.27. The summed E-state index contributed by atoms with van der Waals surface area (Å²) in [4.78, 5) is 31.1. The fraction of sp³-hybridized carbons (Fsp3) is 0.231. The Morgan fingerprint density at radius 3 is 2.89 bits per heavy atom. The highest BCUT2D eigenvalue weighted by Crippen LogP contribution is 2.20. The highest BCUT2D eigenvalue weighted by atomic mass is 16.2. The van der Waals surface area contributed by atoms with Crippen LogP contribution in [0.4, 0.5) is 5.82 Å². The van der Waals surface area contributed by atoms with Gasteiger partial charge in [0.05, 0.1) is 5.52 Å². The van der Waals surface area contributed by atoms with Crippen LogP contribution in [0, 0.1) is 0 Å². The molecule has 0 aliphatic carbocycles. The first-order chi connectivity index (χ1) is 9.24. The maximum atomic E-state index is 11.7. The number of benzene rings is 1. The Morgan fingerprint density at radius 2 is 2.05 bits per heavy atom. The second kappa shape index (κ2) is 4.64. The van der Waals surface area contributed by atoms with Gasteiger partial charge in [-0.2, -0.15) is 0 Å². The number of hydrogen-bond acceptors (Lipinski definition) is 5. The summed E-state index contributed by atoms with van der Waals surface area (Å²) >= 11 is 0. The molecule has 0 bridgehead atoms. The Hall–Kier alpha value is -2.50. The number of amides is 2. The van der Waals surface area contributed by atoms with Crippen molar-refractivity contribution in [3.05, 3.63) is 30.6 Å². The highest BCUT2D eigenvalue weighted by Gasteiger charge is 2.26. The van der Waals surface area contributed by atoms with E-state index < -0.39 is 6.04 Å². The van der Waals surface area contributed by atoms with E-state index in [1.54, 1.807) is 0 Å². The zero-order chi connectivity index (χ0) is 13.2. The van der Waals surface area contributed by atoms with Gasteiger partial charge in [-0.25, -0.2) is 9.97 Å². The molecular formula is C13H12N4O2. The molecule has 1 aliphatic rings. The average Bonchev–Trinajstić information content (AvgIpc) is 2.42. The number of anilines is 1. The maximum Gasteiger partial charge on any atom is 0.249 e. The van der Waals surface area contributed by atoms with Crippen molar-refractivity contribution in [1.82, 2.24) is 15.3 Å². The average molecular weight is 256 g/mol. The Bertz CT molecular complexity index is 651. The number of aromatic nitrogens is 2. The SMILES string of the molecule is O=C1CCC(Nc2ncnc3ccccc23)C(=O)N1. The van der Waals surface area contributed by atoms with Crippen LogP contribution in [0.2, 0.25) is 0 Å². The molecule has 1 unspecified atom stereocenters. The minimum Gasteiger partial charge on any atom is -0.358 e. The van der Waals surface area contributed by atoms with E-state index in [2.05, 4.69) is 20.6 Å². The van der Waals surface area contributed by atoms with Crippen LogP contribution in [-0.4, -0.2) is 27.8 Å². The molecule has 6 nitrogen and oxygen atoms in total. The van der Waals surface area contributed by atoms with Gasteiger partial charge in [0.25, 0.3) is 0 Å². The van der Waals surface area contributed by atoms with Crippen molar-refractivity contribution in [2.75, 3.05) is 5.32 Å². The topological polar surface area (TPSA) is 84.0 Å². The molecule has 2 aromatic rings. The molecule has 1 fully saturated rings. The predicted octanol–water partition coefficient (Wildman–Crippen LogP) is 0.847. The van der Waals surface area contributed by atoms with Gasteiger partial charge in [0.2, 0.25) is 11.8 Å². The number of piperidine rings is 1. The first-order valence-electron chi connectivity index (χ1n) is 6.04. The molecule has 1 aromatic heterocycles. The van der Waals surface area contributed by atoms with Gasteiger partial charge in [-0.15, -0.1) is 0 Å². The van der Waals surface area contributed by atoms with Gasteiger partial charge < -0.3 is 5.32 Å². The predicted molar refractivity (Wildman–Crippen MR) is 69.3 cm³/mol. The molecule has 2 amide bonds. The van der Waals surface area contributed by atoms with Crippen LogP contribution in [0.15, 0.2) is 30.6 Å². The fourth-order valence-corrected chi connectivity index (χ4v) is 2.12. The lowest BCUT2D eigenvalue weighted by Crippen LogP contribution is -2.47. The minimum atomic E-state index is -0.434. The third kappa shape index (κ3) is 2.24. The number of imide groups is 1. The summed E-state index contributed by atoms with van der Waals surface area (Å²) in [7, 11) is 0. The van der Waals surface area contributed by atoms with Crippen molar-refractivity contribution in [3.63, 3.8) is 0 Å². The molecule has 3 rings (SSSR count). The van der Waals surface area contributed by atoms with Gasteiger partial charge in [-0.3, -0.25) is 14.9 Å². The molecular weight excluding hydrogens is 244 g/mol. The van der Waals surface area contributed by atoms with Crippen molar-refractivity contribution in [1.29, 1.82) is 0 Å². The Morgan fingerprint density at radius 1 is 1.21 bits per heavy atom. The summed E-state index contributed by atoms with van der Waals surface area (Å²) in [5.74, 6) is 0.0784. The van der Waals surface area contributed by atoms with E-state index >= 15 is 0 Å². The maximum absolute atomic E-state index is 11.7. The van der Waals surface area contributed by atoms with Gasteiger partial charge in [0.1, 0.15) is 18.2 Å². The zero-order valence-electron chi connectivity index (χ0n) is 10.1. The molecule has 6 heteroatoms. The van der Waals surface area contributed by atoms with Crippen molar-refractivity contribution in [2.45, 2.75) is 18.9 Å². The van der Waals surface area contributed by atoms with Gasteiger partial charge in [-0.1, -0.05) is 12.1 Å². The van der Waals surface area contributed by atoms with Crippen LogP contribution >= 0.6 is 0 Å². The van der Waals surface area contributed by atoms with E-state index in [4.69, 9.17) is 0 Å². The standard InChI is InChI=1S/C13H12N4O2/c18-11-6-5-10(13(19)17-11)16-12-8-3-1-2-4-9(8)14-7-15-12/h1-4,7,10H,5-6H2,(H,14,15,16)(H,17,18,19). The van der Waals surface area contributed by atoms with Crippen LogP contribution in [0.1, 0.15) is 12.8 Å². The molecule has 96 valence electrons. The quantitative estimate of drug-likeness (QED) is 0.778. The summed E-state index contributed by atoms with van der Waals surface area (Å²) in [5, 5.41) is 6.25. The zero-order valence-corrected chi connectivity index (χ0v) is 10.1. The molecule has 2 N–H and O–H groups in total. The number of hydrogen-bond donors (Lipinski definition) is 2. The molecule has 19 heavy (non-hydrogen) atoms. The van der Waals surface area contributed by atoms with Crippen molar-refractivity contribution in [2.24, 2.45) is 0 Å². The molecule has 0 spiro atoms. The number of nitrogens with zero attached hydrogens (tertiary/aromatic N) is 2. The van der Waals surface area contributed by atoms with E-state index in [9.17, 15) is 9.59 Å². The summed E-state index contributed by atoms with van der Waals surface area (Å²) in [6, 6.07) is 7.12. The molecule has 1 atom stereocenters. The lowest BCUT2D eigenvalue weighted by Gasteiger charge is -2.22. The molecule has 1 aliphatic heterocycles. The second-order valence-corrected chi connectivity index (χ2v) is 4.39. The molecule has 1 saturated heterocycles. The first kappa shape index (κ1) is 11.6. The Labute approximate surface area is 109 Å². The number of fused-ring (bicyclic) bond motifs is 1. The highest BCUT2D eigenvalue weighted by molar-refractivity contribution is 6.02. The third-order valence-corrected chi connectivity index (χ3v) is 3.09. The van der Waals surface area contributed by atoms with Crippen LogP contribution in [0.25, 0.3) is 10.9 Å². The second-order valence-electron chi connectivity index (χ2n) is 4.39. The van der Waals surface area contributed by atoms with Gasteiger partial charge >= 0.3 is 0 Å². The summed E-state index contributed by atoms with van der Waals surface area (Å²) in [6.45, 7) is 0. The molecule has 2 heterocycles. The Kier molecular flexibility index (Phi) is 2.83. The lowest BCUT2D eigenvalue weighted by molar-refractivity contribution is -0.133. The smallest absolute Gasteiger partial charge is 0.249 e. The number of carbonyl (C=O) groups is 2. The summed E-state index contributed by atoms with van der Waals surface area (Å²) in [5.41, 5.74) is 0.812. The first-order valence-corrected chi connectivity index (χ1v) is 6.04. The number of rotatable bonds is 2. The van der Waals surface area contributed by atoms with Crippen LogP contribution < -0.4 is 10.6 Å². The van der Waals surface area contributed by atoms with E-state index in [1.165, 1.54) is 6.33 Å².